The minimum Gasteiger partial charge on any atom is -0.394 e. The van der Waals surface area contributed by atoms with E-state index in [1.54, 1.807) is 0 Å². The van der Waals surface area contributed by atoms with Crippen LogP contribution in [0.5, 0.6) is 0 Å². The third kappa shape index (κ3) is 4.73. The number of hydrogen-bond donors (Lipinski definition) is 2. The zero-order chi connectivity index (χ0) is 15.4. The van der Waals surface area contributed by atoms with Gasteiger partial charge in [0.05, 0.1) is 25.4 Å². The molecule has 7 heteroatoms. The van der Waals surface area contributed by atoms with Gasteiger partial charge < -0.3 is 15.2 Å². The van der Waals surface area contributed by atoms with Crippen molar-refractivity contribution in [3.63, 3.8) is 0 Å². The fraction of sp³-hybridized carbons (Fsp3) is 0.500. The van der Waals surface area contributed by atoms with Crippen LogP contribution in [0.25, 0.3) is 0 Å². The highest BCUT2D eigenvalue weighted by Crippen LogP contribution is 2.14. The molecule has 1 heterocycles. The van der Waals surface area contributed by atoms with E-state index >= 15 is 0 Å². The normalized spacial score (nSPS) is 23.0. The highest BCUT2D eigenvalue weighted by atomic mass is 19.1. The topological polar surface area (TPSA) is 61.8 Å². The van der Waals surface area contributed by atoms with E-state index in [-0.39, 0.29) is 37.0 Å². The van der Waals surface area contributed by atoms with Gasteiger partial charge in [0, 0.05) is 24.8 Å². The lowest BCUT2D eigenvalue weighted by molar-refractivity contribution is -0.124. The second-order valence-corrected chi connectivity index (χ2v) is 5.15. The second-order valence-electron chi connectivity index (χ2n) is 5.15. The summed E-state index contributed by atoms with van der Waals surface area (Å²) in [5.74, 6) is -1.86. The Bertz CT molecular complexity index is 493. The number of halogens is 2. The average Bonchev–Trinajstić information content (AvgIpc) is 2.36. The summed E-state index contributed by atoms with van der Waals surface area (Å²) in [7, 11) is 0. The van der Waals surface area contributed by atoms with Crippen LogP contribution in [0.3, 0.4) is 0 Å². The molecule has 5 nitrogen and oxygen atoms in total. The van der Waals surface area contributed by atoms with Crippen molar-refractivity contribution in [3.8, 4) is 0 Å². The van der Waals surface area contributed by atoms with Crippen molar-refractivity contribution in [1.29, 1.82) is 0 Å². The zero-order valence-electron chi connectivity index (χ0n) is 11.7. The van der Waals surface area contributed by atoms with Gasteiger partial charge in [0.25, 0.3) is 0 Å². The van der Waals surface area contributed by atoms with Crippen molar-refractivity contribution >= 4 is 11.6 Å². The van der Waals surface area contributed by atoms with Crippen LogP contribution in [-0.2, 0) is 9.53 Å². The molecular formula is C14H18F2N2O3. The first kappa shape index (κ1) is 15.8. The molecule has 2 atom stereocenters. The smallest absolute Gasteiger partial charge is 0.238 e. The van der Waals surface area contributed by atoms with Gasteiger partial charge >= 0.3 is 0 Å². The van der Waals surface area contributed by atoms with Crippen molar-refractivity contribution < 1.29 is 23.4 Å². The largest absolute Gasteiger partial charge is 0.394 e. The van der Waals surface area contributed by atoms with Gasteiger partial charge in [-0.15, -0.1) is 0 Å². The molecule has 1 fully saturated rings. The Morgan fingerprint density at radius 3 is 2.67 bits per heavy atom. The van der Waals surface area contributed by atoms with Crippen molar-refractivity contribution in [3.05, 3.63) is 29.8 Å². The predicted octanol–water partition coefficient (Wildman–Crippen LogP) is 0.985. The van der Waals surface area contributed by atoms with Gasteiger partial charge in [-0.3, -0.25) is 9.69 Å². The lowest BCUT2D eigenvalue weighted by atomic mass is 10.2. The molecule has 0 aliphatic carbocycles. The number of carbonyl (C=O) groups excluding carboxylic acids is 1. The number of anilines is 1. The Morgan fingerprint density at radius 2 is 2.05 bits per heavy atom. The molecular weight excluding hydrogens is 282 g/mol. The third-order valence-corrected chi connectivity index (χ3v) is 3.12. The predicted molar refractivity (Wildman–Crippen MR) is 72.8 cm³/mol. The van der Waals surface area contributed by atoms with Crippen LogP contribution < -0.4 is 5.32 Å². The molecule has 1 aliphatic rings. The molecule has 1 aromatic carbocycles. The molecule has 0 radical (unpaired) electrons. The van der Waals surface area contributed by atoms with Gasteiger partial charge in [-0.1, -0.05) is 0 Å². The standard InChI is InChI=1S/C14H18F2N2O3/c1-9-5-18(6-13(8-19)21-9)7-14(20)17-12-3-10(15)2-11(16)4-12/h2-4,9,13,19H,5-8H2,1H3,(H,17,20). The van der Waals surface area contributed by atoms with Gasteiger partial charge in [-0.05, 0) is 19.1 Å². The number of ether oxygens (including phenoxy) is 1. The molecule has 0 aromatic heterocycles. The molecule has 2 rings (SSSR count). The molecule has 2 N–H and O–H groups in total. The third-order valence-electron chi connectivity index (χ3n) is 3.12. The number of carbonyl (C=O) groups is 1. The van der Waals surface area contributed by atoms with Crippen LogP contribution in [0.2, 0.25) is 0 Å². The molecule has 1 saturated heterocycles. The van der Waals surface area contributed by atoms with Gasteiger partial charge in [0.1, 0.15) is 11.6 Å². The quantitative estimate of drug-likeness (QED) is 0.870. The summed E-state index contributed by atoms with van der Waals surface area (Å²) >= 11 is 0. The maximum absolute atomic E-state index is 13.0. The number of nitrogens with zero attached hydrogens (tertiary/aromatic N) is 1. The number of aliphatic hydroxyl groups is 1. The van der Waals surface area contributed by atoms with Crippen molar-refractivity contribution in [1.82, 2.24) is 4.90 Å². The molecule has 1 aromatic rings. The Balaban J connectivity index is 1.92. The minimum atomic E-state index is -0.745. The molecule has 0 bridgehead atoms. The summed E-state index contributed by atoms with van der Waals surface area (Å²) in [6.07, 6.45) is -0.413. The molecule has 0 saturated carbocycles. The number of rotatable bonds is 4. The zero-order valence-corrected chi connectivity index (χ0v) is 11.7. The van der Waals surface area contributed by atoms with Crippen LogP contribution >= 0.6 is 0 Å². The van der Waals surface area contributed by atoms with Gasteiger partial charge in [-0.2, -0.15) is 0 Å². The van der Waals surface area contributed by atoms with E-state index in [0.29, 0.717) is 13.1 Å². The highest BCUT2D eigenvalue weighted by Gasteiger charge is 2.25. The lowest BCUT2D eigenvalue weighted by Gasteiger charge is -2.35. The van der Waals surface area contributed by atoms with Gasteiger partial charge in [-0.25, -0.2) is 8.78 Å². The fourth-order valence-electron chi connectivity index (χ4n) is 2.40. The van der Waals surface area contributed by atoms with E-state index in [1.165, 1.54) is 0 Å². The first-order valence-electron chi connectivity index (χ1n) is 6.71. The van der Waals surface area contributed by atoms with Crippen molar-refractivity contribution in [2.75, 3.05) is 31.6 Å². The molecule has 116 valence electrons. The van der Waals surface area contributed by atoms with E-state index < -0.39 is 11.6 Å². The number of hydrogen-bond acceptors (Lipinski definition) is 4. The van der Waals surface area contributed by atoms with E-state index in [9.17, 15) is 13.6 Å². The Kier molecular flexibility index (Phi) is 5.22. The maximum atomic E-state index is 13.0. The summed E-state index contributed by atoms with van der Waals surface area (Å²) in [6.45, 7) is 2.81. The number of amides is 1. The molecule has 21 heavy (non-hydrogen) atoms. The van der Waals surface area contributed by atoms with Crippen molar-refractivity contribution in [2.45, 2.75) is 19.1 Å². The fourth-order valence-corrected chi connectivity index (χ4v) is 2.40. The minimum absolute atomic E-state index is 0.0718. The van der Waals surface area contributed by atoms with Crippen LogP contribution in [0.1, 0.15) is 6.92 Å². The Hall–Kier alpha value is -1.57. The molecule has 1 amide bonds. The molecule has 0 spiro atoms. The summed E-state index contributed by atoms with van der Waals surface area (Å²) < 4.78 is 31.6. The number of nitrogens with one attached hydrogen (secondary N) is 1. The van der Waals surface area contributed by atoms with Gasteiger partial charge in [0.15, 0.2) is 0 Å². The van der Waals surface area contributed by atoms with Crippen LogP contribution in [0, 0.1) is 11.6 Å². The van der Waals surface area contributed by atoms with E-state index in [1.807, 2.05) is 11.8 Å². The van der Waals surface area contributed by atoms with E-state index in [2.05, 4.69) is 5.32 Å². The van der Waals surface area contributed by atoms with Crippen LogP contribution in [-0.4, -0.2) is 54.4 Å². The number of aliphatic hydroxyl groups excluding tert-OH is 1. The molecule has 2 unspecified atom stereocenters. The SMILES string of the molecule is CC1CN(CC(=O)Nc2cc(F)cc(F)c2)CC(CO)O1. The summed E-state index contributed by atoms with van der Waals surface area (Å²) in [5, 5.41) is 11.6. The summed E-state index contributed by atoms with van der Waals surface area (Å²) in [4.78, 5) is 13.7. The van der Waals surface area contributed by atoms with E-state index in [4.69, 9.17) is 9.84 Å². The maximum Gasteiger partial charge on any atom is 0.238 e. The van der Waals surface area contributed by atoms with Crippen LogP contribution in [0.15, 0.2) is 18.2 Å². The summed E-state index contributed by atoms with van der Waals surface area (Å²) in [6, 6.07) is 2.85. The Morgan fingerprint density at radius 1 is 1.38 bits per heavy atom. The van der Waals surface area contributed by atoms with Crippen molar-refractivity contribution in [2.24, 2.45) is 0 Å². The van der Waals surface area contributed by atoms with Crippen LogP contribution in [0.4, 0.5) is 14.5 Å². The monoisotopic (exact) mass is 300 g/mol. The lowest BCUT2D eigenvalue weighted by Crippen LogP contribution is -2.50. The second kappa shape index (κ2) is 6.93. The summed E-state index contributed by atoms with van der Waals surface area (Å²) in [5.41, 5.74) is 0.0810. The van der Waals surface area contributed by atoms with E-state index in [0.717, 1.165) is 18.2 Å². The first-order valence-corrected chi connectivity index (χ1v) is 6.71. The highest BCUT2D eigenvalue weighted by molar-refractivity contribution is 5.92. The molecule has 1 aliphatic heterocycles. The number of benzene rings is 1. The van der Waals surface area contributed by atoms with Gasteiger partial charge in [0.2, 0.25) is 5.91 Å². The Labute approximate surface area is 121 Å². The first-order chi connectivity index (χ1) is 9.96. The number of morpholine rings is 1. The average molecular weight is 300 g/mol.